The van der Waals surface area contributed by atoms with Gasteiger partial charge in [0.1, 0.15) is 0 Å². The first kappa shape index (κ1) is 16.9. The number of nitrogens with two attached hydrogens (primary N) is 1. The number of nitrogen functional groups attached to an aromatic ring is 1. The summed E-state index contributed by atoms with van der Waals surface area (Å²) in [5.41, 5.74) is 2.99. The fourth-order valence-corrected chi connectivity index (χ4v) is 3.90. The molecule has 1 aliphatic carbocycles. The van der Waals surface area contributed by atoms with E-state index in [1.807, 2.05) is 5.43 Å². The monoisotopic (exact) mass is 326 g/mol. The summed E-state index contributed by atoms with van der Waals surface area (Å²) in [6.07, 6.45) is 7.69. The van der Waals surface area contributed by atoms with Gasteiger partial charge in [-0.1, -0.05) is 19.3 Å². The summed E-state index contributed by atoms with van der Waals surface area (Å²) < 4.78 is 25.7. The zero-order valence-electron chi connectivity index (χ0n) is 12.7. The van der Waals surface area contributed by atoms with E-state index in [-0.39, 0.29) is 12.6 Å². The normalized spacial score (nSPS) is 16.7. The van der Waals surface area contributed by atoms with E-state index in [2.05, 4.69) is 4.98 Å². The molecule has 1 heterocycles. The summed E-state index contributed by atoms with van der Waals surface area (Å²) >= 11 is 0. The number of aromatic nitrogens is 1. The van der Waals surface area contributed by atoms with Crippen LogP contribution in [0.15, 0.2) is 18.3 Å². The number of pyridine rings is 1. The molecule has 22 heavy (non-hydrogen) atoms. The standard InChI is InChI=1S/C14H22N4O3S/c1-22(20,21)18(13-5-3-2-4-6-13)10-12-8-7-11(9-16-12)14(19)17-15/h7-9,13H,2-6,10,15H2,1H3,(H,17,19). The fraction of sp³-hybridized carbons (Fsp3) is 0.571. The maximum Gasteiger partial charge on any atom is 0.266 e. The Morgan fingerprint density at radius 1 is 1.36 bits per heavy atom. The highest BCUT2D eigenvalue weighted by Crippen LogP contribution is 2.25. The number of carbonyl (C=O) groups excluding carboxylic acids is 1. The van der Waals surface area contributed by atoms with Crippen LogP contribution in [0, 0.1) is 0 Å². The van der Waals surface area contributed by atoms with Crippen LogP contribution in [-0.2, 0) is 16.6 Å². The highest BCUT2D eigenvalue weighted by Gasteiger charge is 2.28. The van der Waals surface area contributed by atoms with Crippen LogP contribution in [0.25, 0.3) is 0 Å². The number of amides is 1. The summed E-state index contributed by atoms with van der Waals surface area (Å²) in [5, 5.41) is 0. The molecule has 8 heteroatoms. The number of rotatable bonds is 5. The molecule has 1 saturated carbocycles. The molecule has 3 N–H and O–H groups in total. The third-order valence-electron chi connectivity index (χ3n) is 3.94. The summed E-state index contributed by atoms with van der Waals surface area (Å²) in [5.74, 6) is 4.64. The first-order valence-electron chi connectivity index (χ1n) is 7.34. The molecule has 0 radical (unpaired) electrons. The second kappa shape index (κ2) is 7.17. The largest absolute Gasteiger partial charge is 0.290 e. The summed E-state index contributed by atoms with van der Waals surface area (Å²) in [4.78, 5) is 15.5. The van der Waals surface area contributed by atoms with Crippen LogP contribution >= 0.6 is 0 Å². The predicted octanol–water partition coefficient (Wildman–Crippen LogP) is 0.779. The zero-order valence-corrected chi connectivity index (χ0v) is 13.5. The number of nitrogens with zero attached hydrogens (tertiary/aromatic N) is 2. The molecule has 1 aromatic rings. The van der Waals surface area contributed by atoms with Gasteiger partial charge in [-0.05, 0) is 25.0 Å². The quantitative estimate of drug-likeness (QED) is 0.472. The molecule has 1 aromatic heterocycles. The van der Waals surface area contributed by atoms with E-state index < -0.39 is 15.9 Å². The Balaban J connectivity index is 2.15. The van der Waals surface area contributed by atoms with E-state index in [0.29, 0.717) is 11.3 Å². The van der Waals surface area contributed by atoms with Gasteiger partial charge in [-0.25, -0.2) is 14.3 Å². The second-order valence-corrected chi connectivity index (χ2v) is 7.55. The average Bonchev–Trinajstić information content (AvgIpc) is 2.52. The number of nitrogens with one attached hydrogen (secondary N) is 1. The lowest BCUT2D eigenvalue weighted by atomic mass is 9.95. The van der Waals surface area contributed by atoms with Crippen molar-refractivity contribution in [1.82, 2.24) is 14.7 Å². The number of sulfonamides is 1. The second-order valence-electron chi connectivity index (χ2n) is 5.61. The van der Waals surface area contributed by atoms with Gasteiger partial charge >= 0.3 is 0 Å². The molecule has 0 saturated heterocycles. The summed E-state index contributed by atoms with van der Waals surface area (Å²) in [6.45, 7) is 0.230. The van der Waals surface area contributed by atoms with E-state index in [1.54, 1.807) is 12.1 Å². The molecular formula is C14H22N4O3S. The Hall–Kier alpha value is -1.51. The van der Waals surface area contributed by atoms with Crippen LogP contribution < -0.4 is 11.3 Å². The smallest absolute Gasteiger partial charge is 0.266 e. The summed E-state index contributed by atoms with van der Waals surface area (Å²) in [6, 6.07) is 3.29. The van der Waals surface area contributed by atoms with Gasteiger partial charge in [0.2, 0.25) is 10.0 Å². The molecule has 0 atom stereocenters. The minimum Gasteiger partial charge on any atom is -0.290 e. The lowest BCUT2D eigenvalue weighted by Gasteiger charge is -2.32. The average molecular weight is 326 g/mol. The Labute approximate surface area is 130 Å². The maximum atomic E-state index is 12.1. The molecule has 0 aliphatic heterocycles. The lowest BCUT2D eigenvalue weighted by Crippen LogP contribution is -2.40. The van der Waals surface area contributed by atoms with Gasteiger partial charge in [-0.15, -0.1) is 0 Å². The first-order chi connectivity index (χ1) is 10.4. The van der Waals surface area contributed by atoms with Crippen LogP contribution in [0.5, 0.6) is 0 Å². The van der Waals surface area contributed by atoms with E-state index >= 15 is 0 Å². The molecule has 122 valence electrons. The van der Waals surface area contributed by atoms with Crippen LogP contribution in [0.1, 0.15) is 48.2 Å². The third kappa shape index (κ3) is 4.25. The molecule has 0 bridgehead atoms. The van der Waals surface area contributed by atoms with Crippen molar-refractivity contribution in [3.8, 4) is 0 Å². The van der Waals surface area contributed by atoms with Gasteiger partial charge in [0, 0.05) is 12.2 Å². The molecule has 7 nitrogen and oxygen atoms in total. The molecule has 0 aromatic carbocycles. The topological polar surface area (TPSA) is 105 Å². The van der Waals surface area contributed by atoms with Crippen molar-refractivity contribution in [2.45, 2.75) is 44.7 Å². The fourth-order valence-electron chi connectivity index (χ4n) is 2.78. The Bertz CT molecular complexity index is 609. The SMILES string of the molecule is CS(=O)(=O)N(Cc1ccc(C(=O)NN)cn1)C1CCCCC1. The highest BCUT2D eigenvalue weighted by molar-refractivity contribution is 7.88. The number of hydrazine groups is 1. The lowest BCUT2D eigenvalue weighted by molar-refractivity contribution is 0.0953. The number of hydrogen-bond acceptors (Lipinski definition) is 5. The molecule has 0 unspecified atom stereocenters. The zero-order chi connectivity index (χ0) is 16.2. The van der Waals surface area contributed by atoms with Gasteiger partial charge in [-0.2, -0.15) is 4.31 Å². The van der Waals surface area contributed by atoms with Crippen molar-refractivity contribution in [1.29, 1.82) is 0 Å². The van der Waals surface area contributed by atoms with Gasteiger partial charge in [0.15, 0.2) is 0 Å². The highest BCUT2D eigenvalue weighted by atomic mass is 32.2. The van der Waals surface area contributed by atoms with Crippen molar-refractivity contribution < 1.29 is 13.2 Å². The van der Waals surface area contributed by atoms with Crippen LogP contribution in [0.4, 0.5) is 0 Å². The Morgan fingerprint density at radius 2 is 2.05 bits per heavy atom. The summed E-state index contributed by atoms with van der Waals surface area (Å²) in [7, 11) is -3.30. The molecular weight excluding hydrogens is 304 g/mol. The van der Waals surface area contributed by atoms with Crippen LogP contribution in [0.2, 0.25) is 0 Å². The molecule has 1 aliphatic rings. The first-order valence-corrected chi connectivity index (χ1v) is 9.19. The molecule has 2 rings (SSSR count). The molecule has 1 amide bonds. The van der Waals surface area contributed by atoms with Gasteiger partial charge in [-0.3, -0.25) is 15.2 Å². The van der Waals surface area contributed by atoms with E-state index in [4.69, 9.17) is 5.84 Å². The van der Waals surface area contributed by atoms with E-state index in [0.717, 1.165) is 32.1 Å². The minimum atomic E-state index is -3.30. The minimum absolute atomic E-state index is 0.0394. The third-order valence-corrected chi connectivity index (χ3v) is 5.22. The number of hydrogen-bond donors (Lipinski definition) is 2. The molecule has 0 spiro atoms. The van der Waals surface area contributed by atoms with E-state index in [1.165, 1.54) is 16.8 Å². The van der Waals surface area contributed by atoms with Gasteiger partial charge in [0.25, 0.3) is 5.91 Å². The van der Waals surface area contributed by atoms with Gasteiger partial charge in [0.05, 0.1) is 24.1 Å². The maximum absolute atomic E-state index is 12.1. The van der Waals surface area contributed by atoms with Crippen molar-refractivity contribution >= 4 is 15.9 Å². The van der Waals surface area contributed by atoms with Crippen molar-refractivity contribution in [2.75, 3.05) is 6.26 Å². The van der Waals surface area contributed by atoms with Crippen LogP contribution in [0.3, 0.4) is 0 Å². The van der Waals surface area contributed by atoms with E-state index in [9.17, 15) is 13.2 Å². The Kier molecular flexibility index (Phi) is 5.49. The number of carbonyl (C=O) groups is 1. The van der Waals surface area contributed by atoms with Crippen LogP contribution in [-0.4, -0.2) is 35.9 Å². The van der Waals surface area contributed by atoms with Gasteiger partial charge < -0.3 is 0 Å². The molecule has 1 fully saturated rings. The van der Waals surface area contributed by atoms with Crippen molar-refractivity contribution in [3.63, 3.8) is 0 Å². The predicted molar refractivity (Wildman–Crippen MR) is 83.2 cm³/mol. The Morgan fingerprint density at radius 3 is 2.55 bits per heavy atom. The van der Waals surface area contributed by atoms with Crippen molar-refractivity contribution in [2.24, 2.45) is 5.84 Å². The van der Waals surface area contributed by atoms with Crippen molar-refractivity contribution in [3.05, 3.63) is 29.6 Å².